The quantitative estimate of drug-likeness (QED) is 0.797. The Morgan fingerprint density at radius 3 is 2.89 bits per heavy atom. The van der Waals surface area contributed by atoms with Crippen LogP contribution in [0.15, 0.2) is 5.38 Å². The number of rotatable bonds is 7. The van der Waals surface area contributed by atoms with E-state index in [1.807, 2.05) is 12.3 Å². The third-order valence-corrected chi connectivity index (χ3v) is 5.39. The van der Waals surface area contributed by atoms with Gasteiger partial charge in [0, 0.05) is 26.6 Å². The van der Waals surface area contributed by atoms with Gasteiger partial charge in [0.05, 0.1) is 16.5 Å². The lowest BCUT2D eigenvalue weighted by Gasteiger charge is -2.00. The summed E-state index contributed by atoms with van der Waals surface area (Å²) in [7, 11) is 1.70. The predicted octanol–water partition coefficient (Wildman–Crippen LogP) is 3.01. The van der Waals surface area contributed by atoms with E-state index >= 15 is 0 Å². The van der Waals surface area contributed by atoms with Gasteiger partial charge in [-0.15, -0.1) is 21.5 Å². The minimum absolute atomic E-state index is 0.728. The highest BCUT2D eigenvalue weighted by Crippen LogP contribution is 2.37. The van der Waals surface area contributed by atoms with E-state index < -0.39 is 0 Å². The van der Waals surface area contributed by atoms with Crippen molar-refractivity contribution in [2.75, 3.05) is 26.8 Å². The Morgan fingerprint density at radius 2 is 2.21 bits per heavy atom. The molecule has 0 aliphatic carbocycles. The molecule has 0 fully saturated rings. The van der Waals surface area contributed by atoms with Crippen LogP contribution in [0.5, 0.6) is 0 Å². The molecule has 1 N–H and O–H groups in total. The molecular formula is C12H16ClN3OS2. The normalized spacial score (nSPS) is 11.1. The molecule has 0 spiro atoms. The van der Waals surface area contributed by atoms with Crippen LogP contribution < -0.4 is 5.32 Å². The number of nitrogens with one attached hydrogen (secondary N) is 1. The van der Waals surface area contributed by atoms with E-state index in [-0.39, 0.29) is 0 Å². The molecule has 2 aromatic heterocycles. The topological polar surface area (TPSA) is 47.0 Å². The van der Waals surface area contributed by atoms with Crippen molar-refractivity contribution < 1.29 is 4.74 Å². The summed E-state index contributed by atoms with van der Waals surface area (Å²) in [6.07, 6.45) is 0.878. The Labute approximate surface area is 125 Å². The van der Waals surface area contributed by atoms with Crippen molar-refractivity contribution in [3.8, 4) is 9.88 Å². The number of aryl methyl sites for hydroxylation is 1. The van der Waals surface area contributed by atoms with Crippen LogP contribution in [0, 0.1) is 6.92 Å². The van der Waals surface area contributed by atoms with Crippen molar-refractivity contribution in [3.05, 3.63) is 21.0 Å². The van der Waals surface area contributed by atoms with Gasteiger partial charge in [-0.1, -0.05) is 22.9 Å². The molecular weight excluding hydrogens is 302 g/mol. The number of hydrogen-bond donors (Lipinski definition) is 1. The van der Waals surface area contributed by atoms with Gasteiger partial charge in [0.1, 0.15) is 5.01 Å². The molecule has 0 aromatic carbocycles. The third-order valence-electron chi connectivity index (χ3n) is 2.56. The molecule has 0 bridgehead atoms. The molecule has 0 aliphatic rings. The van der Waals surface area contributed by atoms with Crippen LogP contribution in [0.2, 0.25) is 5.02 Å². The Morgan fingerprint density at radius 1 is 1.37 bits per heavy atom. The second-order valence-corrected chi connectivity index (χ2v) is 6.38. The highest BCUT2D eigenvalue weighted by atomic mass is 35.5. The minimum Gasteiger partial charge on any atom is -0.383 e. The largest absolute Gasteiger partial charge is 0.383 e. The van der Waals surface area contributed by atoms with Gasteiger partial charge in [-0.2, -0.15) is 0 Å². The first-order valence-corrected chi connectivity index (χ1v) is 8.05. The van der Waals surface area contributed by atoms with Crippen LogP contribution in [0.1, 0.15) is 10.6 Å². The Kier molecular flexibility index (Phi) is 5.72. The highest BCUT2D eigenvalue weighted by molar-refractivity contribution is 7.21. The number of nitrogens with zero attached hydrogens (tertiary/aromatic N) is 2. The SMILES string of the molecule is COCCNCCc1nnc(-c2scc(C)c2Cl)s1. The monoisotopic (exact) mass is 317 g/mol. The van der Waals surface area contributed by atoms with Crippen molar-refractivity contribution in [2.24, 2.45) is 0 Å². The molecule has 4 nitrogen and oxygen atoms in total. The first-order valence-electron chi connectivity index (χ1n) is 5.98. The molecule has 104 valence electrons. The van der Waals surface area contributed by atoms with E-state index in [9.17, 15) is 0 Å². The molecule has 0 atom stereocenters. The Hall–Kier alpha value is -0.530. The van der Waals surface area contributed by atoms with Crippen LogP contribution >= 0.6 is 34.3 Å². The number of hydrogen-bond acceptors (Lipinski definition) is 6. The van der Waals surface area contributed by atoms with Crippen molar-refractivity contribution >= 4 is 34.3 Å². The number of thiophene rings is 1. The molecule has 0 unspecified atom stereocenters. The number of methoxy groups -OCH3 is 1. The van der Waals surface area contributed by atoms with E-state index in [0.717, 1.165) is 51.6 Å². The standard InChI is InChI=1S/C12H16ClN3OS2/c1-8-7-18-11(10(8)13)12-16-15-9(19-12)3-4-14-5-6-17-2/h7,14H,3-6H2,1-2H3. The maximum absolute atomic E-state index is 6.24. The second kappa shape index (κ2) is 7.31. The van der Waals surface area contributed by atoms with Crippen molar-refractivity contribution in [3.63, 3.8) is 0 Å². The minimum atomic E-state index is 0.728. The fourth-order valence-electron chi connectivity index (χ4n) is 1.52. The van der Waals surface area contributed by atoms with E-state index in [0.29, 0.717) is 0 Å². The number of ether oxygens (including phenoxy) is 1. The summed E-state index contributed by atoms with van der Waals surface area (Å²) in [5, 5.41) is 16.5. The van der Waals surface area contributed by atoms with Gasteiger partial charge >= 0.3 is 0 Å². The average Bonchev–Trinajstić information content (AvgIpc) is 2.98. The molecule has 0 radical (unpaired) electrons. The van der Waals surface area contributed by atoms with Crippen LogP contribution in [0.25, 0.3) is 9.88 Å². The summed E-state index contributed by atoms with van der Waals surface area (Å²) in [5.41, 5.74) is 1.10. The van der Waals surface area contributed by atoms with E-state index in [1.165, 1.54) is 0 Å². The first kappa shape index (κ1) is 14.9. The van der Waals surface area contributed by atoms with Crippen molar-refractivity contribution in [1.29, 1.82) is 0 Å². The molecule has 2 heterocycles. The predicted molar refractivity (Wildman–Crippen MR) is 81.4 cm³/mol. The van der Waals surface area contributed by atoms with Crippen LogP contribution in [-0.2, 0) is 11.2 Å². The second-order valence-electron chi connectivity index (χ2n) is 4.06. The summed E-state index contributed by atoms with van der Waals surface area (Å²) < 4.78 is 4.97. The Balaban J connectivity index is 1.90. The van der Waals surface area contributed by atoms with Crippen LogP contribution in [0.4, 0.5) is 0 Å². The molecule has 19 heavy (non-hydrogen) atoms. The maximum atomic E-state index is 6.24. The lowest BCUT2D eigenvalue weighted by Crippen LogP contribution is -2.21. The molecule has 0 saturated carbocycles. The Bertz CT molecular complexity index is 527. The van der Waals surface area contributed by atoms with Gasteiger partial charge in [-0.3, -0.25) is 0 Å². The van der Waals surface area contributed by atoms with Gasteiger partial charge in [0.25, 0.3) is 0 Å². The van der Waals surface area contributed by atoms with E-state index in [4.69, 9.17) is 16.3 Å². The molecule has 0 saturated heterocycles. The third kappa shape index (κ3) is 3.97. The zero-order valence-corrected chi connectivity index (χ0v) is 13.3. The van der Waals surface area contributed by atoms with E-state index in [1.54, 1.807) is 29.8 Å². The molecule has 2 aromatic rings. The van der Waals surface area contributed by atoms with Crippen molar-refractivity contribution in [1.82, 2.24) is 15.5 Å². The van der Waals surface area contributed by atoms with Gasteiger partial charge < -0.3 is 10.1 Å². The fourth-order valence-corrected chi connectivity index (χ4v) is 3.79. The number of halogens is 1. The van der Waals surface area contributed by atoms with Gasteiger partial charge in [0.15, 0.2) is 5.01 Å². The van der Waals surface area contributed by atoms with Crippen LogP contribution in [0.3, 0.4) is 0 Å². The van der Waals surface area contributed by atoms with E-state index in [2.05, 4.69) is 15.5 Å². The summed E-state index contributed by atoms with van der Waals surface area (Å²) in [6.45, 7) is 4.47. The summed E-state index contributed by atoms with van der Waals surface area (Å²) >= 11 is 9.47. The highest BCUT2D eigenvalue weighted by Gasteiger charge is 2.13. The maximum Gasteiger partial charge on any atom is 0.159 e. The smallest absolute Gasteiger partial charge is 0.159 e. The van der Waals surface area contributed by atoms with Gasteiger partial charge in [-0.25, -0.2) is 0 Å². The lowest BCUT2D eigenvalue weighted by atomic mass is 10.3. The molecule has 0 amide bonds. The number of aromatic nitrogens is 2. The van der Waals surface area contributed by atoms with Gasteiger partial charge in [0.2, 0.25) is 0 Å². The lowest BCUT2D eigenvalue weighted by molar-refractivity contribution is 0.199. The molecule has 7 heteroatoms. The first-order chi connectivity index (χ1) is 9.22. The van der Waals surface area contributed by atoms with Crippen LogP contribution in [-0.4, -0.2) is 37.0 Å². The summed E-state index contributed by atoms with van der Waals surface area (Å²) in [5.74, 6) is 0. The molecule has 2 rings (SSSR count). The average molecular weight is 318 g/mol. The van der Waals surface area contributed by atoms with Crippen molar-refractivity contribution in [2.45, 2.75) is 13.3 Å². The molecule has 0 aliphatic heterocycles. The zero-order valence-electron chi connectivity index (χ0n) is 10.9. The summed E-state index contributed by atoms with van der Waals surface area (Å²) in [6, 6.07) is 0. The van der Waals surface area contributed by atoms with Gasteiger partial charge in [-0.05, 0) is 17.9 Å². The summed E-state index contributed by atoms with van der Waals surface area (Å²) in [4.78, 5) is 1.02. The zero-order chi connectivity index (χ0) is 13.7. The fraction of sp³-hybridized carbons (Fsp3) is 0.500.